The van der Waals surface area contributed by atoms with E-state index in [2.05, 4.69) is 15.0 Å². The van der Waals surface area contributed by atoms with E-state index in [0.29, 0.717) is 23.6 Å². The van der Waals surface area contributed by atoms with Gasteiger partial charge in [0.25, 0.3) is 5.56 Å². The molecule has 1 atom stereocenters. The molecule has 0 bridgehead atoms. The topological polar surface area (TPSA) is 92.8 Å². The van der Waals surface area contributed by atoms with Crippen LogP contribution < -0.4 is 11.2 Å². The minimum atomic E-state index is -0.463. The highest BCUT2D eigenvalue weighted by atomic mass is 16.5. The van der Waals surface area contributed by atoms with Gasteiger partial charge < -0.3 is 9.72 Å². The normalized spacial score (nSPS) is 20.4. The molecule has 0 amide bonds. The van der Waals surface area contributed by atoms with Gasteiger partial charge in [-0.15, -0.1) is 0 Å². The van der Waals surface area contributed by atoms with Crippen molar-refractivity contribution in [1.29, 1.82) is 0 Å². The molecule has 0 aromatic carbocycles. The van der Waals surface area contributed by atoms with Crippen LogP contribution in [0.2, 0.25) is 0 Å². The monoisotopic (exact) mass is 250 g/mol. The molecule has 3 heterocycles. The Balaban J connectivity index is 2.16. The predicted molar refractivity (Wildman–Crippen MR) is 64.5 cm³/mol. The van der Waals surface area contributed by atoms with Gasteiger partial charge in [0.1, 0.15) is 17.4 Å². The first-order valence-corrected chi connectivity index (χ1v) is 5.97. The molecule has 0 spiro atoms. The SMILES string of the molecule is Cn1c(=O)[nH]c(=O)c2[nH]c(C3CCCCO3)nc21. The van der Waals surface area contributed by atoms with Gasteiger partial charge in [0.15, 0.2) is 5.65 Å². The van der Waals surface area contributed by atoms with Crippen LogP contribution in [-0.4, -0.2) is 26.1 Å². The minimum Gasteiger partial charge on any atom is -0.370 e. The van der Waals surface area contributed by atoms with Gasteiger partial charge in [0.2, 0.25) is 0 Å². The average Bonchev–Trinajstić information content (AvgIpc) is 2.83. The summed E-state index contributed by atoms with van der Waals surface area (Å²) >= 11 is 0. The molecule has 1 aliphatic rings. The van der Waals surface area contributed by atoms with E-state index in [4.69, 9.17) is 4.74 Å². The molecule has 7 nitrogen and oxygen atoms in total. The lowest BCUT2D eigenvalue weighted by Crippen LogP contribution is -2.28. The third-order valence-electron chi connectivity index (χ3n) is 3.26. The summed E-state index contributed by atoms with van der Waals surface area (Å²) in [6.45, 7) is 0.705. The van der Waals surface area contributed by atoms with E-state index in [-0.39, 0.29) is 6.10 Å². The van der Waals surface area contributed by atoms with E-state index in [1.165, 1.54) is 4.57 Å². The molecule has 0 saturated carbocycles. The van der Waals surface area contributed by atoms with Gasteiger partial charge in [-0.2, -0.15) is 0 Å². The second kappa shape index (κ2) is 4.09. The maximum Gasteiger partial charge on any atom is 0.329 e. The van der Waals surface area contributed by atoms with Crippen LogP contribution >= 0.6 is 0 Å². The van der Waals surface area contributed by atoms with Crippen LogP contribution in [0.5, 0.6) is 0 Å². The van der Waals surface area contributed by atoms with Crippen molar-refractivity contribution in [3.8, 4) is 0 Å². The molecule has 7 heteroatoms. The van der Waals surface area contributed by atoms with E-state index in [0.717, 1.165) is 19.3 Å². The zero-order valence-corrected chi connectivity index (χ0v) is 10.0. The number of aromatic nitrogens is 4. The second-order valence-corrected chi connectivity index (χ2v) is 4.49. The number of aryl methyl sites for hydroxylation is 1. The van der Waals surface area contributed by atoms with Crippen LogP contribution in [0.4, 0.5) is 0 Å². The van der Waals surface area contributed by atoms with Crippen molar-refractivity contribution in [3.05, 3.63) is 26.7 Å². The highest BCUT2D eigenvalue weighted by Crippen LogP contribution is 2.26. The largest absolute Gasteiger partial charge is 0.370 e. The molecule has 2 aromatic heterocycles. The summed E-state index contributed by atoms with van der Waals surface area (Å²) < 4.78 is 6.93. The minimum absolute atomic E-state index is 0.111. The molecular formula is C11H14N4O3. The second-order valence-electron chi connectivity index (χ2n) is 4.49. The molecule has 18 heavy (non-hydrogen) atoms. The lowest BCUT2D eigenvalue weighted by Gasteiger charge is -2.20. The first-order chi connectivity index (χ1) is 8.66. The smallest absolute Gasteiger partial charge is 0.329 e. The molecule has 96 valence electrons. The maximum atomic E-state index is 11.7. The number of nitrogens with one attached hydrogen (secondary N) is 2. The average molecular weight is 250 g/mol. The summed E-state index contributed by atoms with van der Waals surface area (Å²) in [7, 11) is 1.58. The van der Waals surface area contributed by atoms with Gasteiger partial charge in [0, 0.05) is 13.7 Å². The van der Waals surface area contributed by atoms with Crippen molar-refractivity contribution in [2.75, 3.05) is 6.61 Å². The Kier molecular flexibility index (Phi) is 2.55. The van der Waals surface area contributed by atoms with Crippen LogP contribution in [0, 0.1) is 0 Å². The summed E-state index contributed by atoms with van der Waals surface area (Å²) in [5.74, 6) is 0.622. The summed E-state index contributed by atoms with van der Waals surface area (Å²) in [6, 6.07) is 0. The predicted octanol–water partition coefficient (Wildman–Crippen LogP) is 0.191. The number of nitrogens with zero attached hydrogens (tertiary/aromatic N) is 2. The fourth-order valence-electron chi connectivity index (χ4n) is 2.23. The van der Waals surface area contributed by atoms with Crippen molar-refractivity contribution < 1.29 is 4.74 Å². The molecule has 2 aromatic rings. The van der Waals surface area contributed by atoms with E-state index in [9.17, 15) is 9.59 Å². The molecule has 0 aliphatic carbocycles. The van der Waals surface area contributed by atoms with Gasteiger partial charge in [-0.25, -0.2) is 9.78 Å². The first-order valence-electron chi connectivity index (χ1n) is 5.97. The van der Waals surface area contributed by atoms with Crippen LogP contribution in [0.15, 0.2) is 9.59 Å². The Labute approximate surface area is 102 Å². The maximum absolute atomic E-state index is 11.7. The Hall–Kier alpha value is -1.89. The number of rotatable bonds is 1. The third-order valence-corrected chi connectivity index (χ3v) is 3.26. The Morgan fingerprint density at radius 2 is 2.17 bits per heavy atom. The summed E-state index contributed by atoms with van der Waals surface area (Å²) in [5.41, 5.74) is -0.216. The highest BCUT2D eigenvalue weighted by Gasteiger charge is 2.21. The van der Waals surface area contributed by atoms with Gasteiger partial charge >= 0.3 is 5.69 Å². The Bertz CT molecular complexity index is 690. The molecule has 3 rings (SSSR count). The standard InChI is InChI=1S/C11H14N4O3/c1-15-9-7(10(16)14-11(15)17)12-8(13-9)6-4-2-3-5-18-6/h6H,2-5H2,1H3,(H,12,13)(H,14,16,17). The van der Waals surface area contributed by atoms with Crippen LogP contribution in [0.25, 0.3) is 11.2 Å². The van der Waals surface area contributed by atoms with Gasteiger partial charge in [0.05, 0.1) is 0 Å². The fraction of sp³-hybridized carbons (Fsp3) is 0.545. The van der Waals surface area contributed by atoms with Crippen LogP contribution in [0.1, 0.15) is 31.2 Å². The van der Waals surface area contributed by atoms with E-state index in [1.807, 2.05) is 0 Å². The molecular weight excluding hydrogens is 236 g/mol. The Morgan fingerprint density at radius 3 is 2.89 bits per heavy atom. The van der Waals surface area contributed by atoms with Crippen molar-refractivity contribution in [2.45, 2.75) is 25.4 Å². The van der Waals surface area contributed by atoms with E-state index in [1.54, 1.807) is 7.05 Å². The van der Waals surface area contributed by atoms with E-state index < -0.39 is 11.2 Å². The van der Waals surface area contributed by atoms with Gasteiger partial charge in [-0.05, 0) is 19.3 Å². The molecule has 1 unspecified atom stereocenters. The highest BCUT2D eigenvalue weighted by molar-refractivity contribution is 5.69. The number of hydrogen-bond acceptors (Lipinski definition) is 4. The molecule has 1 aliphatic heterocycles. The molecule has 0 radical (unpaired) electrons. The zero-order valence-electron chi connectivity index (χ0n) is 10.0. The Morgan fingerprint density at radius 1 is 1.33 bits per heavy atom. The summed E-state index contributed by atoms with van der Waals surface area (Å²) in [4.78, 5) is 32.6. The lowest BCUT2D eigenvalue weighted by molar-refractivity contribution is 0.0101. The summed E-state index contributed by atoms with van der Waals surface area (Å²) in [6.07, 6.45) is 2.90. The van der Waals surface area contributed by atoms with Crippen molar-refractivity contribution in [1.82, 2.24) is 19.5 Å². The van der Waals surface area contributed by atoms with Gasteiger partial charge in [-0.1, -0.05) is 0 Å². The number of H-pyrrole nitrogens is 2. The fourth-order valence-corrected chi connectivity index (χ4v) is 2.23. The molecule has 1 fully saturated rings. The van der Waals surface area contributed by atoms with Crippen LogP contribution in [-0.2, 0) is 11.8 Å². The quantitative estimate of drug-likeness (QED) is 0.755. The van der Waals surface area contributed by atoms with Crippen LogP contribution in [0.3, 0.4) is 0 Å². The molecule has 2 N–H and O–H groups in total. The third kappa shape index (κ3) is 1.67. The number of aromatic amines is 2. The van der Waals surface area contributed by atoms with Gasteiger partial charge in [-0.3, -0.25) is 14.3 Å². The molecule has 1 saturated heterocycles. The van der Waals surface area contributed by atoms with Crippen molar-refractivity contribution in [3.63, 3.8) is 0 Å². The number of ether oxygens (including phenoxy) is 1. The number of imidazole rings is 1. The first kappa shape index (κ1) is 11.2. The summed E-state index contributed by atoms with van der Waals surface area (Å²) in [5, 5.41) is 0. The number of fused-ring (bicyclic) bond motifs is 1. The lowest BCUT2D eigenvalue weighted by atomic mass is 10.1. The number of hydrogen-bond donors (Lipinski definition) is 2. The van der Waals surface area contributed by atoms with Crippen molar-refractivity contribution in [2.24, 2.45) is 7.05 Å². The van der Waals surface area contributed by atoms with Crippen molar-refractivity contribution >= 4 is 11.2 Å². The zero-order chi connectivity index (χ0) is 12.7. The van der Waals surface area contributed by atoms with E-state index >= 15 is 0 Å².